The van der Waals surface area contributed by atoms with Crippen LogP contribution in [0.15, 0.2) is 24.4 Å². The number of ketones is 1. The predicted octanol–water partition coefficient (Wildman–Crippen LogP) is 2.55. The molecule has 0 aliphatic rings. The highest BCUT2D eigenvalue weighted by Crippen LogP contribution is 2.20. The Kier molecular flexibility index (Phi) is 4.92. The van der Waals surface area contributed by atoms with Gasteiger partial charge in [0.2, 0.25) is 0 Å². The number of carbonyl (C=O) groups excluding carboxylic acids is 3. The number of fused-ring (bicyclic) bond motifs is 1. The lowest BCUT2D eigenvalue weighted by Gasteiger charge is -2.19. The van der Waals surface area contributed by atoms with E-state index >= 15 is 0 Å². The van der Waals surface area contributed by atoms with Crippen LogP contribution in [0.25, 0.3) is 10.9 Å². The van der Waals surface area contributed by atoms with Crippen LogP contribution in [0.5, 0.6) is 0 Å². The van der Waals surface area contributed by atoms with Crippen molar-refractivity contribution in [1.82, 2.24) is 10.3 Å². The second-order valence-corrected chi connectivity index (χ2v) is 6.26. The van der Waals surface area contributed by atoms with Crippen LogP contribution < -0.4 is 5.32 Å². The van der Waals surface area contributed by atoms with E-state index in [9.17, 15) is 14.4 Å². The molecule has 2 aromatic rings. The van der Waals surface area contributed by atoms with E-state index in [4.69, 9.17) is 4.74 Å². The maximum atomic E-state index is 11.9. The molecule has 1 heterocycles. The summed E-state index contributed by atoms with van der Waals surface area (Å²) in [5.41, 5.74) is 1.21. The van der Waals surface area contributed by atoms with Crippen LogP contribution in [-0.2, 0) is 20.8 Å². The first kappa shape index (κ1) is 17.5. The molecule has 0 saturated heterocycles. The fourth-order valence-electron chi connectivity index (χ4n) is 2.16. The van der Waals surface area contributed by atoms with E-state index < -0.39 is 23.4 Å². The minimum absolute atomic E-state index is 0.253. The summed E-state index contributed by atoms with van der Waals surface area (Å²) in [4.78, 5) is 37.9. The number of carbonyl (C=O) groups is 3. The maximum absolute atomic E-state index is 11.9. The van der Waals surface area contributed by atoms with Crippen molar-refractivity contribution in [2.24, 2.45) is 0 Å². The quantitative estimate of drug-likeness (QED) is 0.509. The highest BCUT2D eigenvalue weighted by Gasteiger charge is 2.20. The van der Waals surface area contributed by atoms with E-state index in [1.165, 1.54) is 6.20 Å². The second kappa shape index (κ2) is 6.74. The normalized spacial score (nSPS) is 11.2. The van der Waals surface area contributed by atoms with Gasteiger partial charge in [-0.1, -0.05) is 12.1 Å². The molecule has 0 aliphatic heterocycles. The number of aromatic nitrogens is 1. The Hall–Kier alpha value is -2.83. The van der Waals surface area contributed by atoms with Crippen molar-refractivity contribution in [2.45, 2.75) is 32.9 Å². The van der Waals surface area contributed by atoms with Gasteiger partial charge in [0.05, 0.1) is 12.7 Å². The average Bonchev–Trinajstić information content (AvgIpc) is 2.92. The van der Waals surface area contributed by atoms with Gasteiger partial charge < -0.3 is 19.8 Å². The van der Waals surface area contributed by atoms with Crippen molar-refractivity contribution in [2.75, 3.05) is 7.11 Å². The fraction of sp³-hybridized carbons (Fsp3) is 0.353. The average molecular weight is 332 g/mol. The molecule has 24 heavy (non-hydrogen) atoms. The van der Waals surface area contributed by atoms with Crippen LogP contribution in [0.4, 0.5) is 4.79 Å². The topological polar surface area (TPSA) is 97.5 Å². The van der Waals surface area contributed by atoms with Crippen molar-refractivity contribution >= 4 is 28.7 Å². The van der Waals surface area contributed by atoms with Crippen molar-refractivity contribution in [3.63, 3.8) is 0 Å². The molecule has 1 aromatic heterocycles. The Morgan fingerprint density at radius 2 is 1.92 bits per heavy atom. The van der Waals surface area contributed by atoms with Crippen LogP contribution >= 0.6 is 0 Å². The number of Topliss-reactive ketones (excluding diaryl/α,β-unsaturated/α-hetero) is 1. The number of H-pyrrole nitrogens is 1. The number of aromatic amines is 1. The van der Waals surface area contributed by atoms with Gasteiger partial charge in [-0.05, 0) is 32.4 Å². The van der Waals surface area contributed by atoms with Gasteiger partial charge in [-0.15, -0.1) is 0 Å². The molecule has 1 aromatic carbocycles. The molecule has 0 bridgehead atoms. The van der Waals surface area contributed by atoms with Crippen molar-refractivity contribution in [3.05, 3.63) is 35.5 Å². The fourth-order valence-corrected chi connectivity index (χ4v) is 2.16. The lowest BCUT2D eigenvalue weighted by molar-refractivity contribution is -0.135. The van der Waals surface area contributed by atoms with Crippen molar-refractivity contribution in [3.8, 4) is 0 Å². The first-order valence-electron chi connectivity index (χ1n) is 7.41. The van der Waals surface area contributed by atoms with E-state index in [0.29, 0.717) is 10.9 Å². The van der Waals surface area contributed by atoms with Crippen molar-refractivity contribution < 1.29 is 23.9 Å². The number of rotatable bonds is 4. The van der Waals surface area contributed by atoms with Crippen molar-refractivity contribution in [1.29, 1.82) is 0 Å². The van der Waals surface area contributed by atoms with Gasteiger partial charge in [0, 0.05) is 23.6 Å². The standard InChI is InChI=1S/C17H20N2O5/c1-17(2,3)24-16(22)19-8-10-5-6-11-12(9-18-13(11)7-10)14(20)15(21)23-4/h5-7,9,18H,8H2,1-4H3,(H,19,22). The molecule has 7 nitrogen and oxygen atoms in total. The summed E-state index contributed by atoms with van der Waals surface area (Å²) >= 11 is 0. The number of nitrogens with one attached hydrogen (secondary N) is 2. The molecule has 2 N–H and O–H groups in total. The van der Waals surface area contributed by atoms with Crippen LogP contribution in [0, 0.1) is 0 Å². The van der Waals surface area contributed by atoms with E-state index in [0.717, 1.165) is 12.7 Å². The zero-order chi connectivity index (χ0) is 17.9. The Morgan fingerprint density at radius 3 is 2.54 bits per heavy atom. The molecular weight excluding hydrogens is 312 g/mol. The summed E-state index contributed by atoms with van der Waals surface area (Å²) in [6.45, 7) is 5.65. The molecule has 2 rings (SSSR count). The molecule has 128 valence electrons. The number of benzene rings is 1. The minimum Gasteiger partial charge on any atom is -0.463 e. The van der Waals surface area contributed by atoms with Gasteiger partial charge >= 0.3 is 12.1 Å². The smallest absolute Gasteiger partial charge is 0.407 e. The summed E-state index contributed by atoms with van der Waals surface area (Å²) in [6.07, 6.45) is 0.963. The monoisotopic (exact) mass is 332 g/mol. The molecule has 1 amide bonds. The largest absolute Gasteiger partial charge is 0.463 e. The number of alkyl carbamates (subject to hydrolysis) is 1. The number of esters is 1. The highest BCUT2D eigenvalue weighted by atomic mass is 16.6. The summed E-state index contributed by atoms with van der Waals surface area (Å²) in [5.74, 6) is -1.62. The first-order valence-corrected chi connectivity index (χ1v) is 7.41. The van der Waals surface area contributed by atoms with E-state index in [1.807, 2.05) is 0 Å². The van der Waals surface area contributed by atoms with Gasteiger partial charge in [-0.2, -0.15) is 0 Å². The maximum Gasteiger partial charge on any atom is 0.407 e. The summed E-state index contributed by atoms with van der Waals surface area (Å²) in [5, 5.41) is 3.28. The third-order valence-electron chi connectivity index (χ3n) is 3.20. The molecule has 0 atom stereocenters. The first-order chi connectivity index (χ1) is 11.2. The lowest BCUT2D eigenvalue weighted by Crippen LogP contribution is -2.32. The molecule has 0 fully saturated rings. The molecule has 0 radical (unpaired) electrons. The van der Waals surface area contributed by atoms with Gasteiger partial charge in [-0.3, -0.25) is 4.79 Å². The zero-order valence-corrected chi connectivity index (χ0v) is 14.1. The van der Waals surface area contributed by atoms with Crippen LogP contribution in [0.2, 0.25) is 0 Å². The Bertz CT molecular complexity index is 786. The van der Waals surface area contributed by atoms with Crippen LogP contribution in [-0.4, -0.2) is 35.5 Å². The molecular formula is C17H20N2O5. The number of hydrogen-bond acceptors (Lipinski definition) is 5. The van der Waals surface area contributed by atoms with E-state index in [2.05, 4.69) is 15.0 Å². The minimum atomic E-state index is -0.911. The lowest BCUT2D eigenvalue weighted by atomic mass is 10.1. The Balaban J connectivity index is 2.11. The Morgan fingerprint density at radius 1 is 1.21 bits per heavy atom. The van der Waals surface area contributed by atoms with E-state index in [1.54, 1.807) is 39.0 Å². The van der Waals surface area contributed by atoms with Gasteiger partial charge in [-0.25, -0.2) is 9.59 Å². The van der Waals surface area contributed by atoms with Gasteiger partial charge in [0.25, 0.3) is 5.78 Å². The number of ether oxygens (including phenoxy) is 2. The molecule has 0 aliphatic carbocycles. The predicted molar refractivity (Wildman–Crippen MR) is 87.7 cm³/mol. The van der Waals surface area contributed by atoms with Crippen LogP contribution in [0.3, 0.4) is 0 Å². The zero-order valence-electron chi connectivity index (χ0n) is 14.1. The second-order valence-electron chi connectivity index (χ2n) is 6.26. The number of amides is 1. The SMILES string of the molecule is COC(=O)C(=O)c1c[nH]c2cc(CNC(=O)OC(C)(C)C)ccc12. The molecule has 0 spiro atoms. The highest BCUT2D eigenvalue weighted by molar-refractivity contribution is 6.42. The van der Waals surface area contributed by atoms with E-state index in [-0.39, 0.29) is 12.1 Å². The summed E-state index contributed by atoms with van der Waals surface area (Å²) < 4.78 is 9.62. The van der Waals surface area contributed by atoms with Gasteiger partial charge in [0.15, 0.2) is 0 Å². The third-order valence-corrected chi connectivity index (χ3v) is 3.20. The number of hydrogen-bond donors (Lipinski definition) is 2. The summed E-state index contributed by atoms with van der Waals surface area (Å²) in [6, 6.07) is 5.27. The third kappa shape index (κ3) is 4.13. The Labute approximate surface area is 139 Å². The molecule has 0 unspecified atom stereocenters. The molecule has 7 heteroatoms. The number of methoxy groups -OCH3 is 1. The summed E-state index contributed by atoms with van der Waals surface area (Å²) in [7, 11) is 1.16. The molecule has 0 saturated carbocycles. The van der Waals surface area contributed by atoms with Crippen LogP contribution in [0.1, 0.15) is 36.7 Å². The van der Waals surface area contributed by atoms with Gasteiger partial charge in [0.1, 0.15) is 5.60 Å².